The van der Waals surface area contributed by atoms with Crippen LogP contribution in [0.15, 0.2) is 36.4 Å². The fraction of sp³-hybridized carbons (Fsp3) is 0.444. The first kappa shape index (κ1) is 12.7. The van der Waals surface area contributed by atoms with Crippen LogP contribution in [-0.2, 0) is 17.6 Å². The maximum Gasteiger partial charge on any atom is 0.0466 e. The number of benzene rings is 2. The van der Waals surface area contributed by atoms with Crippen molar-refractivity contribution in [1.82, 2.24) is 0 Å². The van der Waals surface area contributed by atoms with Gasteiger partial charge in [-0.25, -0.2) is 0 Å². The van der Waals surface area contributed by atoms with Crippen LogP contribution in [-0.4, -0.2) is 13.2 Å². The van der Waals surface area contributed by atoms with Gasteiger partial charge in [-0.3, -0.25) is 0 Å². The lowest BCUT2D eigenvalue weighted by Gasteiger charge is -2.16. The molecule has 0 saturated carbocycles. The molecular weight excluding hydrogens is 232 g/mol. The molecule has 1 aliphatic carbocycles. The molecule has 2 aromatic rings. The van der Waals surface area contributed by atoms with Crippen molar-refractivity contribution in [3.05, 3.63) is 47.5 Å². The third-order valence-corrected chi connectivity index (χ3v) is 4.04. The minimum atomic E-state index is 1.00. The van der Waals surface area contributed by atoms with E-state index < -0.39 is 0 Å². The summed E-state index contributed by atoms with van der Waals surface area (Å²) in [4.78, 5) is 0. The van der Waals surface area contributed by atoms with Gasteiger partial charge in [-0.1, -0.05) is 36.4 Å². The Balaban J connectivity index is 0.000000187. The van der Waals surface area contributed by atoms with Gasteiger partial charge in [-0.2, -0.15) is 0 Å². The molecule has 0 amide bonds. The first-order chi connectivity index (χ1) is 9.43. The molecule has 0 bridgehead atoms. The second kappa shape index (κ2) is 6.21. The standard InChI is InChI=1S/C14H14.C4H8O/c1-2-6-12-10-14-8-4-3-7-13(14)9-11(12)5-1;1-2-4-5-3-1/h1-2,5-6,9-10H,3-4,7-8H2;1-4H2. The quantitative estimate of drug-likeness (QED) is 0.672. The minimum absolute atomic E-state index is 1.00. The molecule has 0 unspecified atom stereocenters. The van der Waals surface area contributed by atoms with Crippen molar-refractivity contribution in [1.29, 1.82) is 0 Å². The molecule has 2 aromatic carbocycles. The lowest BCUT2D eigenvalue weighted by Crippen LogP contribution is -2.01. The summed E-state index contributed by atoms with van der Waals surface area (Å²) >= 11 is 0. The molecule has 1 nitrogen and oxygen atoms in total. The van der Waals surface area contributed by atoms with Gasteiger partial charge in [0.2, 0.25) is 0 Å². The summed E-state index contributed by atoms with van der Waals surface area (Å²) in [7, 11) is 0. The first-order valence-corrected chi connectivity index (χ1v) is 7.52. The van der Waals surface area contributed by atoms with Crippen molar-refractivity contribution in [2.45, 2.75) is 38.5 Å². The maximum absolute atomic E-state index is 4.94. The smallest absolute Gasteiger partial charge is 0.0466 e. The lowest BCUT2D eigenvalue weighted by atomic mass is 9.89. The van der Waals surface area contributed by atoms with Gasteiger partial charge >= 0.3 is 0 Å². The van der Waals surface area contributed by atoms with Gasteiger partial charge in [0.15, 0.2) is 0 Å². The average molecular weight is 254 g/mol. The van der Waals surface area contributed by atoms with Crippen LogP contribution in [0.1, 0.15) is 36.8 Å². The maximum atomic E-state index is 4.94. The number of rotatable bonds is 0. The van der Waals surface area contributed by atoms with E-state index in [2.05, 4.69) is 36.4 Å². The Morgan fingerprint density at radius 3 is 1.63 bits per heavy atom. The van der Waals surface area contributed by atoms with Crippen molar-refractivity contribution in [3.8, 4) is 0 Å². The highest BCUT2D eigenvalue weighted by atomic mass is 16.5. The zero-order valence-corrected chi connectivity index (χ0v) is 11.5. The molecule has 1 aliphatic heterocycles. The molecular formula is C18H22O. The molecule has 2 aliphatic rings. The van der Waals surface area contributed by atoms with Crippen molar-refractivity contribution < 1.29 is 4.74 Å². The van der Waals surface area contributed by atoms with Crippen LogP contribution < -0.4 is 0 Å². The zero-order chi connectivity index (χ0) is 12.9. The first-order valence-electron chi connectivity index (χ1n) is 7.52. The highest BCUT2D eigenvalue weighted by Gasteiger charge is 2.09. The molecule has 0 N–H and O–H groups in total. The van der Waals surface area contributed by atoms with Crippen molar-refractivity contribution in [2.24, 2.45) is 0 Å². The summed E-state index contributed by atoms with van der Waals surface area (Å²) in [6, 6.07) is 13.4. The van der Waals surface area contributed by atoms with Crippen LogP contribution >= 0.6 is 0 Å². The highest BCUT2D eigenvalue weighted by molar-refractivity contribution is 5.84. The van der Waals surface area contributed by atoms with E-state index in [1.165, 1.54) is 49.3 Å². The second-order valence-corrected chi connectivity index (χ2v) is 5.49. The highest BCUT2D eigenvalue weighted by Crippen LogP contribution is 2.26. The van der Waals surface area contributed by atoms with E-state index in [9.17, 15) is 0 Å². The summed E-state index contributed by atoms with van der Waals surface area (Å²) in [5, 5.41) is 2.79. The van der Waals surface area contributed by atoms with E-state index in [0.717, 1.165) is 13.2 Å². The summed E-state index contributed by atoms with van der Waals surface area (Å²) < 4.78 is 4.94. The molecule has 4 rings (SSSR count). The Hall–Kier alpha value is -1.34. The predicted octanol–water partition coefficient (Wildman–Crippen LogP) is 4.52. The summed E-state index contributed by atoms with van der Waals surface area (Å²) in [6.45, 7) is 2.00. The molecule has 0 aromatic heterocycles. The third kappa shape index (κ3) is 3.16. The summed E-state index contributed by atoms with van der Waals surface area (Å²) in [5.41, 5.74) is 3.16. The van der Waals surface area contributed by atoms with Crippen molar-refractivity contribution >= 4 is 10.8 Å². The van der Waals surface area contributed by atoms with Crippen LogP contribution in [0.3, 0.4) is 0 Å². The second-order valence-electron chi connectivity index (χ2n) is 5.49. The van der Waals surface area contributed by atoms with Gasteiger partial charge in [-0.15, -0.1) is 0 Å². The van der Waals surface area contributed by atoms with Gasteiger partial charge in [0.05, 0.1) is 0 Å². The predicted molar refractivity (Wildman–Crippen MR) is 80.6 cm³/mol. The summed E-state index contributed by atoms with van der Waals surface area (Å²) in [6.07, 6.45) is 7.84. The molecule has 0 radical (unpaired) electrons. The number of hydrogen-bond acceptors (Lipinski definition) is 1. The molecule has 100 valence electrons. The molecule has 1 heterocycles. The molecule has 1 saturated heterocycles. The van der Waals surface area contributed by atoms with E-state index in [4.69, 9.17) is 4.74 Å². The largest absolute Gasteiger partial charge is 0.381 e. The summed E-state index contributed by atoms with van der Waals surface area (Å²) in [5.74, 6) is 0. The Kier molecular flexibility index (Phi) is 4.14. The Morgan fingerprint density at radius 1 is 0.684 bits per heavy atom. The van der Waals surface area contributed by atoms with Gasteiger partial charge < -0.3 is 4.74 Å². The number of hydrogen-bond donors (Lipinski definition) is 0. The van der Waals surface area contributed by atoms with Crippen molar-refractivity contribution in [2.75, 3.05) is 13.2 Å². The minimum Gasteiger partial charge on any atom is -0.381 e. The Morgan fingerprint density at radius 2 is 1.21 bits per heavy atom. The van der Waals surface area contributed by atoms with Crippen molar-refractivity contribution in [3.63, 3.8) is 0 Å². The van der Waals surface area contributed by atoms with Crippen LogP contribution in [0.2, 0.25) is 0 Å². The SMILES string of the molecule is C1CCOC1.c1ccc2cc3c(cc2c1)CCCC3. The molecule has 0 spiro atoms. The van der Waals surface area contributed by atoms with E-state index in [-0.39, 0.29) is 0 Å². The van der Waals surface area contributed by atoms with Crippen LogP contribution in [0.25, 0.3) is 10.8 Å². The Bertz CT molecular complexity index is 488. The van der Waals surface area contributed by atoms with Gasteiger partial charge in [0, 0.05) is 13.2 Å². The molecule has 1 fully saturated rings. The monoisotopic (exact) mass is 254 g/mol. The normalized spacial score (nSPS) is 17.7. The van der Waals surface area contributed by atoms with E-state index in [0.29, 0.717) is 0 Å². The number of fused-ring (bicyclic) bond motifs is 2. The average Bonchev–Trinajstić information content (AvgIpc) is 3.04. The number of aryl methyl sites for hydroxylation is 2. The number of ether oxygens (including phenoxy) is 1. The van der Waals surface area contributed by atoms with E-state index >= 15 is 0 Å². The van der Waals surface area contributed by atoms with E-state index in [1.807, 2.05) is 0 Å². The Labute approximate surface area is 115 Å². The fourth-order valence-corrected chi connectivity index (χ4v) is 2.94. The van der Waals surface area contributed by atoms with Gasteiger partial charge in [0.25, 0.3) is 0 Å². The van der Waals surface area contributed by atoms with Gasteiger partial charge in [0.1, 0.15) is 0 Å². The molecule has 0 atom stereocenters. The molecule has 19 heavy (non-hydrogen) atoms. The van der Waals surface area contributed by atoms with E-state index in [1.54, 1.807) is 11.1 Å². The lowest BCUT2D eigenvalue weighted by molar-refractivity contribution is 0.198. The fourth-order valence-electron chi connectivity index (χ4n) is 2.94. The van der Waals surface area contributed by atoms with Crippen LogP contribution in [0, 0.1) is 0 Å². The van der Waals surface area contributed by atoms with Gasteiger partial charge in [-0.05, 0) is 60.4 Å². The third-order valence-electron chi connectivity index (χ3n) is 4.04. The zero-order valence-electron chi connectivity index (χ0n) is 11.5. The van der Waals surface area contributed by atoms with Crippen LogP contribution in [0.5, 0.6) is 0 Å². The van der Waals surface area contributed by atoms with Crippen LogP contribution in [0.4, 0.5) is 0 Å². The molecule has 1 heteroatoms. The topological polar surface area (TPSA) is 9.23 Å².